The van der Waals surface area contributed by atoms with Crippen LogP contribution >= 0.6 is 0 Å². The first kappa shape index (κ1) is 13.7. The number of para-hydroxylation sites is 1. The summed E-state index contributed by atoms with van der Waals surface area (Å²) in [5.74, 6) is 0.875. The van der Waals surface area contributed by atoms with Crippen LogP contribution in [0.15, 0.2) is 30.5 Å². The van der Waals surface area contributed by atoms with Gasteiger partial charge in [-0.25, -0.2) is 0 Å². The van der Waals surface area contributed by atoms with Crippen molar-refractivity contribution in [3.8, 4) is 5.75 Å². The number of nitrogens with one attached hydrogen (secondary N) is 1. The lowest BCUT2D eigenvalue weighted by atomic mass is 9.93. The van der Waals surface area contributed by atoms with E-state index in [0.717, 1.165) is 42.5 Å². The molecule has 2 aromatic rings. The van der Waals surface area contributed by atoms with Gasteiger partial charge in [0.15, 0.2) is 0 Å². The monoisotopic (exact) mass is 285 g/mol. The van der Waals surface area contributed by atoms with Crippen LogP contribution in [0.25, 0.3) is 0 Å². The van der Waals surface area contributed by atoms with E-state index in [-0.39, 0.29) is 6.04 Å². The zero-order valence-corrected chi connectivity index (χ0v) is 12.1. The number of benzene rings is 1. The van der Waals surface area contributed by atoms with Gasteiger partial charge in [0.05, 0.1) is 25.9 Å². The van der Waals surface area contributed by atoms with Gasteiger partial charge in [-0.15, -0.1) is 0 Å². The molecule has 0 bridgehead atoms. The van der Waals surface area contributed by atoms with Crippen LogP contribution in [-0.4, -0.2) is 23.3 Å². The van der Waals surface area contributed by atoms with Gasteiger partial charge in [0.25, 0.3) is 0 Å². The number of methoxy groups -OCH3 is 1. The maximum absolute atomic E-state index is 10.7. The van der Waals surface area contributed by atoms with Crippen molar-refractivity contribution < 1.29 is 9.53 Å². The van der Waals surface area contributed by atoms with Crippen molar-refractivity contribution in [1.29, 1.82) is 0 Å². The average Bonchev–Trinajstić information content (AvgIpc) is 2.92. The number of fused-ring (bicyclic) bond motifs is 1. The normalized spacial score (nSPS) is 17.1. The summed E-state index contributed by atoms with van der Waals surface area (Å²) >= 11 is 0. The molecule has 0 aliphatic heterocycles. The molecule has 0 saturated heterocycles. The Hall–Kier alpha value is -2.30. The molecular weight excluding hydrogens is 266 g/mol. The highest BCUT2D eigenvalue weighted by Crippen LogP contribution is 2.30. The Morgan fingerprint density at radius 2 is 2.33 bits per heavy atom. The standard InChI is InChI=1S/C16H19N3O2/c1-21-16-8-3-2-5-12(16)10-19-15-7-4-6-14(17-11-20)13(15)9-18-19/h2-3,5,8-9,11,14H,4,6-7,10H2,1H3,(H,17,20)/t14-/m1/s1. The lowest BCUT2D eigenvalue weighted by Gasteiger charge is -2.22. The first-order valence-corrected chi connectivity index (χ1v) is 7.19. The van der Waals surface area contributed by atoms with Gasteiger partial charge in [0, 0.05) is 16.8 Å². The molecule has 0 radical (unpaired) electrons. The fraction of sp³-hybridized carbons (Fsp3) is 0.375. The predicted molar refractivity (Wildman–Crippen MR) is 79.2 cm³/mol. The molecule has 1 aromatic carbocycles. The molecule has 1 aliphatic carbocycles. The van der Waals surface area contributed by atoms with E-state index < -0.39 is 0 Å². The van der Waals surface area contributed by atoms with Crippen LogP contribution in [0.1, 0.15) is 35.7 Å². The summed E-state index contributed by atoms with van der Waals surface area (Å²) in [7, 11) is 1.68. The smallest absolute Gasteiger partial charge is 0.207 e. The third-order valence-electron chi connectivity index (χ3n) is 4.04. The highest BCUT2D eigenvalue weighted by atomic mass is 16.5. The Bertz CT molecular complexity index is 636. The highest BCUT2D eigenvalue weighted by molar-refractivity contribution is 5.48. The van der Waals surface area contributed by atoms with E-state index in [1.54, 1.807) is 7.11 Å². The molecule has 5 nitrogen and oxygen atoms in total. The average molecular weight is 285 g/mol. The minimum absolute atomic E-state index is 0.0951. The Kier molecular flexibility index (Phi) is 3.90. The molecule has 1 N–H and O–H groups in total. The van der Waals surface area contributed by atoms with Crippen LogP contribution in [0.2, 0.25) is 0 Å². The van der Waals surface area contributed by atoms with Crippen LogP contribution in [0.5, 0.6) is 5.75 Å². The van der Waals surface area contributed by atoms with E-state index >= 15 is 0 Å². The van der Waals surface area contributed by atoms with E-state index in [2.05, 4.69) is 16.5 Å². The van der Waals surface area contributed by atoms with Gasteiger partial charge < -0.3 is 10.1 Å². The van der Waals surface area contributed by atoms with Crippen LogP contribution in [0, 0.1) is 0 Å². The molecule has 110 valence electrons. The quantitative estimate of drug-likeness (QED) is 0.856. The molecule has 21 heavy (non-hydrogen) atoms. The molecule has 1 amide bonds. The molecule has 1 aromatic heterocycles. The molecule has 0 spiro atoms. The second kappa shape index (κ2) is 5.99. The summed E-state index contributed by atoms with van der Waals surface area (Å²) in [6.07, 6.45) is 5.70. The molecule has 0 unspecified atom stereocenters. The van der Waals surface area contributed by atoms with Crippen LogP contribution in [-0.2, 0) is 17.8 Å². The second-order valence-corrected chi connectivity index (χ2v) is 5.25. The van der Waals surface area contributed by atoms with Gasteiger partial charge in [0.2, 0.25) is 6.41 Å². The SMILES string of the molecule is COc1ccccc1Cn1ncc2c1CCC[C@H]2NC=O. The zero-order valence-electron chi connectivity index (χ0n) is 12.1. The number of amides is 1. The maximum Gasteiger partial charge on any atom is 0.207 e. The Balaban J connectivity index is 1.89. The van der Waals surface area contributed by atoms with Crippen molar-refractivity contribution in [1.82, 2.24) is 15.1 Å². The van der Waals surface area contributed by atoms with E-state index in [1.807, 2.05) is 29.1 Å². The lowest BCUT2D eigenvalue weighted by molar-refractivity contribution is -0.110. The minimum Gasteiger partial charge on any atom is -0.496 e. The summed E-state index contributed by atoms with van der Waals surface area (Å²) in [6, 6.07) is 8.08. The van der Waals surface area contributed by atoms with Crippen molar-refractivity contribution in [2.75, 3.05) is 7.11 Å². The van der Waals surface area contributed by atoms with Crippen molar-refractivity contribution in [2.45, 2.75) is 31.8 Å². The van der Waals surface area contributed by atoms with Crippen molar-refractivity contribution >= 4 is 6.41 Å². The lowest BCUT2D eigenvalue weighted by Crippen LogP contribution is -2.24. The Morgan fingerprint density at radius 1 is 1.48 bits per heavy atom. The van der Waals surface area contributed by atoms with Gasteiger partial charge in [-0.2, -0.15) is 5.10 Å². The molecule has 1 aliphatic rings. The van der Waals surface area contributed by atoms with E-state index in [9.17, 15) is 4.79 Å². The summed E-state index contributed by atoms with van der Waals surface area (Å²) in [5.41, 5.74) is 3.46. The number of carbonyl (C=O) groups is 1. The predicted octanol–water partition coefficient (Wildman–Crippen LogP) is 2.06. The van der Waals surface area contributed by atoms with Gasteiger partial charge in [-0.3, -0.25) is 9.48 Å². The maximum atomic E-state index is 10.7. The molecule has 1 heterocycles. The van der Waals surface area contributed by atoms with Crippen molar-refractivity contribution in [3.05, 3.63) is 47.3 Å². The number of hydrogen-bond acceptors (Lipinski definition) is 3. The molecule has 3 rings (SSSR count). The first-order valence-electron chi connectivity index (χ1n) is 7.19. The fourth-order valence-electron chi connectivity index (χ4n) is 3.01. The van der Waals surface area contributed by atoms with Gasteiger partial charge in [-0.05, 0) is 25.3 Å². The van der Waals surface area contributed by atoms with Crippen LogP contribution in [0.4, 0.5) is 0 Å². The van der Waals surface area contributed by atoms with Gasteiger partial charge in [0.1, 0.15) is 5.75 Å². The topological polar surface area (TPSA) is 56.1 Å². The summed E-state index contributed by atoms with van der Waals surface area (Å²) < 4.78 is 7.42. The third kappa shape index (κ3) is 2.63. The zero-order chi connectivity index (χ0) is 14.7. The number of aromatic nitrogens is 2. The molecular formula is C16H19N3O2. The Morgan fingerprint density at radius 3 is 3.14 bits per heavy atom. The Labute approximate surface area is 123 Å². The van der Waals surface area contributed by atoms with Gasteiger partial charge in [-0.1, -0.05) is 18.2 Å². The molecule has 5 heteroatoms. The van der Waals surface area contributed by atoms with E-state index in [4.69, 9.17) is 4.74 Å². The van der Waals surface area contributed by atoms with Crippen LogP contribution in [0.3, 0.4) is 0 Å². The van der Waals surface area contributed by atoms with Crippen molar-refractivity contribution in [2.24, 2.45) is 0 Å². The molecule has 0 saturated carbocycles. The number of rotatable bonds is 5. The number of carbonyl (C=O) groups excluding carboxylic acids is 1. The highest BCUT2D eigenvalue weighted by Gasteiger charge is 2.24. The minimum atomic E-state index is 0.0951. The number of nitrogens with zero attached hydrogens (tertiary/aromatic N) is 2. The van der Waals surface area contributed by atoms with Gasteiger partial charge >= 0.3 is 0 Å². The third-order valence-corrected chi connectivity index (χ3v) is 4.04. The largest absolute Gasteiger partial charge is 0.496 e. The molecule has 1 atom stereocenters. The number of ether oxygens (including phenoxy) is 1. The summed E-state index contributed by atoms with van der Waals surface area (Å²) in [5, 5.41) is 7.39. The number of hydrogen-bond donors (Lipinski definition) is 1. The van der Waals surface area contributed by atoms with E-state index in [0.29, 0.717) is 6.54 Å². The van der Waals surface area contributed by atoms with Crippen LogP contribution < -0.4 is 10.1 Å². The summed E-state index contributed by atoms with van der Waals surface area (Å²) in [4.78, 5) is 10.7. The molecule has 0 fully saturated rings. The van der Waals surface area contributed by atoms with E-state index in [1.165, 1.54) is 5.69 Å². The second-order valence-electron chi connectivity index (χ2n) is 5.25. The first-order chi connectivity index (χ1) is 10.3. The summed E-state index contributed by atoms with van der Waals surface area (Å²) in [6.45, 7) is 0.688. The van der Waals surface area contributed by atoms with Crippen molar-refractivity contribution in [3.63, 3.8) is 0 Å². The fourth-order valence-corrected chi connectivity index (χ4v) is 3.01.